The molecule has 51 heavy (non-hydrogen) atoms. The minimum atomic E-state index is -4.60. The Kier molecular flexibility index (Phi) is 14.7. The molecule has 4 rings (SSSR count). The predicted octanol–water partition coefficient (Wildman–Crippen LogP) is -1.85. The number of hydrogen-bond donors (Lipinski definition) is 4. The van der Waals surface area contributed by atoms with Crippen molar-refractivity contribution in [1.29, 1.82) is 0 Å². The average Bonchev–Trinajstić information content (AvgIpc) is 3.54. The molecule has 0 bridgehead atoms. The molecular weight excluding hydrogens is 762 g/mol. The fourth-order valence-electron chi connectivity index (χ4n) is 5.20. The zero-order valence-corrected chi connectivity index (χ0v) is 31.3. The van der Waals surface area contributed by atoms with E-state index in [1.165, 1.54) is 26.6 Å². The Morgan fingerprint density at radius 3 is 1.86 bits per heavy atom. The maximum absolute atomic E-state index is 13.8. The minimum absolute atomic E-state index is 0.00393. The number of hydrogen-bond acceptors (Lipinski definition) is 20. The smallest absolute Gasteiger partial charge is 0.351 e. The molecule has 0 aromatic carbocycles. The number of aliphatic hydroxyl groups excluding tert-OH is 1. The normalized spacial score (nSPS) is 28.9. The molecule has 2 aliphatic heterocycles. The van der Waals surface area contributed by atoms with Crippen molar-refractivity contribution >= 4 is 49.2 Å². The molecule has 0 saturated carbocycles. The fourth-order valence-corrected chi connectivity index (χ4v) is 7.14. The monoisotopic (exact) mass is 802 g/mol. The van der Waals surface area contributed by atoms with Crippen LogP contribution in [0.4, 0.5) is 11.6 Å². The standard InChI is InChI=1S/C26H42N6O15P2S2/c1-13-9-31(25(34)29-21(13)27)23-19(41-7-5-39-3)17(33)15(45-23)11-44-49(38,51)47-18-16(12-43-48(36,37)50)46-24(20(18)42-8-6-40-4)32-10-14(2)22(28)30-26(32)35/h9-10,15-20,23-24,33H,5-8,11-12H2,1-4H3,(H,38,51)(H2,27,29,34)(H2,28,30,35)(H2,36,37,50)/p-2/t15-,16-,17?,18?,19+,20+,23-,24-,49?/m1/s1. The summed E-state index contributed by atoms with van der Waals surface area (Å²) in [7, 11) is 2.87. The molecule has 0 amide bonds. The Morgan fingerprint density at radius 1 is 0.882 bits per heavy atom. The number of anilines is 2. The van der Waals surface area contributed by atoms with Crippen LogP contribution in [0.25, 0.3) is 0 Å². The molecule has 4 heterocycles. The van der Waals surface area contributed by atoms with Crippen LogP contribution in [0.2, 0.25) is 0 Å². The molecule has 2 saturated heterocycles. The van der Waals surface area contributed by atoms with Gasteiger partial charge in [0.2, 0.25) is 0 Å². The zero-order chi connectivity index (χ0) is 37.7. The second-order valence-corrected chi connectivity index (χ2v) is 16.6. The number of methoxy groups -OCH3 is 2. The molecule has 10 atom stereocenters. The summed E-state index contributed by atoms with van der Waals surface area (Å²) in [5.41, 5.74) is 10.8. The number of nitrogen functional groups attached to an aromatic ring is 2. The Labute approximate surface area is 301 Å². The van der Waals surface area contributed by atoms with Gasteiger partial charge in [0.05, 0.1) is 39.6 Å². The Morgan fingerprint density at radius 2 is 1.35 bits per heavy atom. The summed E-state index contributed by atoms with van der Waals surface area (Å²) in [5.74, 6) is -0.0311. The van der Waals surface area contributed by atoms with Crippen LogP contribution in [0.3, 0.4) is 0 Å². The molecule has 6 N–H and O–H groups in total. The van der Waals surface area contributed by atoms with E-state index in [0.29, 0.717) is 11.1 Å². The van der Waals surface area contributed by atoms with E-state index in [-0.39, 0.29) is 38.1 Å². The van der Waals surface area contributed by atoms with Crippen molar-refractivity contribution in [3.05, 3.63) is 44.5 Å². The van der Waals surface area contributed by atoms with Gasteiger partial charge in [-0.25, -0.2) is 9.59 Å². The van der Waals surface area contributed by atoms with Crippen LogP contribution in [0.1, 0.15) is 23.6 Å². The van der Waals surface area contributed by atoms with Gasteiger partial charge < -0.3 is 80.6 Å². The molecule has 288 valence electrons. The van der Waals surface area contributed by atoms with Gasteiger partial charge in [0.25, 0.3) is 0 Å². The summed E-state index contributed by atoms with van der Waals surface area (Å²) in [6.45, 7) is -7.05. The van der Waals surface area contributed by atoms with Gasteiger partial charge in [0, 0.05) is 37.7 Å². The highest BCUT2D eigenvalue weighted by molar-refractivity contribution is 8.32. The number of nitrogens with zero attached hydrogens (tertiary/aromatic N) is 4. The van der Waals surface area contributed by atoms with Crippen molar-refractivity contribution in [3.8, 4) is 0 Å². The first-order valence-corrected chi connectivity index (χ1v) is 20.3. The Bertz CT molecular complexity index is 1720. The summed E-state index contributed by atoms with van der Waals surface area (Å²) in [4.78, 5) is 54.7. The van der Waals surface area contributed by atoms with Crippen molar-refractivity contribution in [2.24, 2.45) is 0 Å². The summed E-state index contributed by atoms with van der Waals surface area (Å²) in [5, 5.41) is 11.2. The van der Waals surface area contributed by atoms with Crippen molar-refractivity contribution in [2.45, 2.75) is 62.9 Å². The molecule has 2 aromatic heterocycles. The first-order valence-electron chi connectivity index (χ1n) is 15.2. The van der Waals surface area contributed by atoms with Gasteiger partial charge in [-0.15, -0.1) is 0 Å². The van der Waals surface area contributed by atoms with Crippen molar-refractivity contribution < 1.29 is 61.5 Å². The summed E-state index contributed by atoms with van der Waals surface area (Å²) < 4.78 is 65.8. The Balaban J connectivity index is 1.59. The van der Waals surface area contributed by atoms with E-state index >= 15 is 0 Å². The van der Waals surface area contributed by atoms with Crippen molar-refractivity contribution in [1.82, 2.24) is 19.1 Å². The van der Waals surface area contributed by atoms with Gasteiger partial charge in [0.1, 0.15) is 55.0 Å². The van der Waals surface area contributed by atoms with Crippen molar-refractivity contribution in [2.75, 3.05) is 65.3 Å². The quantitative estimate of drug-likeness (QED) is 0.0731. The van der Waals surface area contributed by atoms with Crippen LogP contribution in [0, 0.1) is 13.8 Å². The van der Waals surface area contributed by atoms with Crippen LogP contribution < -0.4 is 27.7 Å². The SMILES string of the molecule is COCCO[C@H]1C(O)[C@@H](COP(=O)([S-])OC2[C@@H](COP([O-])(O)=S)O[C@@H](n3cc(C)c(N)nc3=O)[C@H]2OCCOC)O[C@H]1n1cc(C)c(N)nc1=O. The molecule has 4 unspecified atom stereocenters. The fraction of sp³-hybridized carbons (Fsp3) is 0.692. The number of aryl methyl sites for hydroxylation is 2. The van der Waals surface area contributed by atoms with E-state index in [4.69, 9.17) is 65.7 Å². The minimum Gasteiger partial charge on any atom is -0.780 e. The highest BCUT2D eigenvalue weighted by Gasteiger charge is 2.50. The summed E-state index contributed by atoms with van der Waals surface area (Å²) in [6, 6.07) is 0. The highest BCUT2D eigenvalue weighted by Crippen LogP contribution is 2.51. The van der Waals surface area contributed by atoms with Gasteiger partial charge in [-0.3, -0.25) is 13.7 Å². The molecule has 0 radical (unpaired) electrons. The maximum atomic E-state index is 13.8. The van der Waals surface area contributed by atoms with Crippen LogP contribution in [0.5, 0.6) is 0 Å². The van der Waals surface area contributed by atoms with E-state index < -0.39 is 87.2 Å². The lowest BCUT2D eigenvalue weighted by atomic mass is 10.1. The number of aliphatic hydroxyl groups is 1. The maximum Gasteiger partial charge on any atom is 0.351 e. The molecule has 0 spiro atoms. The lowest BCUT2D eigenvalue weighted by Gasteiger charge is -2.33. The first kappa shape index (κ1) is 41.9. The molecular formula is C26H40N6O15P2S2-2. The molecule has 25 heteroatoms. The topological polar surface area (TPSA) is 285 Å². The lowest BCUT2D eigenvalue weighted by molar-refractivity contribution is -0.204. The summed E-state index contributed by atoms with van der Waals surface area (Å²) >= 11 is 9.67. The number of aromatic nitrogens is 4. The number of nitrogens with two attached hydrogens (primary N) is 2. The molecule has 0 aliphatic carbocycles. The lowest BCUT2D eigenvalue weighted by Crippen LogP contribution is -2.40. The van der Waals surface area contributed by atoms with E-state index in [1.54, 1.807) is 13.8 Å². The molecule has 2 aliphatic rings. The second kappa shape index (κ2) is 18.0. The van der Waals surface area contributed by atoms with Crippen LogP contribution in [-0.2, 0) is 70.6 Å². The van der Waals surface area contributed by atoms with Crippen LogP contribution >= 0.6 is 13.5 Å². The van der Waals surface area contributed by atoms with Crippen LogP contribution in [-0.4, -0.2) is 120 Å². The van der Waals surface area contributed by atoms with E-state index in [0.717, 1.165) is 9.13 Å². The first-order chi connectivity index (χ1) is 24.0. The van der Waals surface area contributed by atoms with Gasteiger partial charge >= 0.3 is 11.4 Å². The number of ether oxygens (including phenoxy) is 6. The molecule has 21 nitrogen and oxygen atoms in total. The van der Waals surface area contributed by atoms with Gasteiger partial charge in [-0.05, 0) is 13.8 Å². The third kappa shape index (κ3) is 10.8. The van der Waals surface area contributed by atoms with Crippen molar-refractivity contribution in [3.63, 3.8) is 0 Å². The average molecular weight is 803 g/mol. The largest absolute Gasteiger partial charge is 0.780 e. The third-order valence-electron chi connectivity index (χ3n) is 7.74. The van der Waals surface area contributed by atoms with Gasteiger partial charge in [-0.1, -0.05) is 11.8 Å². The second-order valence-electron chi connectivity index (χ2n) is 11.4. The molecule has 2 fully saturated rings. The third-order valence-corrected chi connectivity index (χ3v) is 10.1. The molecule has 2 aromatic rings. The van der Waals surface area contributed by atoms with E-state index in [1.807, 2.05) is 0 Å². The number of rotatable bonds is 18. The Hall–Kier alpha value is -1.89. The van der Waals surface area contributed by atoms with Gasteiger partial charge in [0.15, 0.2) is 19.3 Å². The van der Waals surface area contributed by atoms with Crippen LogP contribution in [0.15, 0.2) is 22.0 Å². The van der Waals surface area contributed by atoms with Gasteiger partial charge in [-0.2, -0.15) is 9.97 Å². The zero-order valence-electron chi connectivity index (χ0n) is 27.9. The summed E-state index contributed by atoms with van der Waals surface area (Å²) in [6.07, 6.45) is -7.81. The van der Waals surface area contributed by atoms with E-state index in [2.05, 4.69) is 21.8 Å². The predicted molar refractivity (Wildman–Crippen MR) is 181 cm³/mol. The van der Waals surface area contributed by atoms with E-state index in [9.17, 15) is 29.0 Å². The highest BCUT2D eigenvalue weighted by atomic mass is 32.7.